The van der Waals surface area contributed by atoms with Crippen molar-refractivity contribution in [3.63, 3.8) is 0 Å². The van der Waals surface area contributed by atoms with Crippen LogP contribution < -0.4 is 5.32 Å². The maximum absolute atomic E-state index is 11.3. The number of ether oxygens (including phenoxy) is 1. The number of nitrogens with one attached hydrogen (secondary N) is 2. The number of carbonyl (C=O) groups excluding carboxylic acids is 1. The molecule has 0 spiro atoms. The smallest absolute Gasteiger partial charge is 0.413 e. The Balaban J connectivity index is 2.31. The van der Waals surface area contributed by atoms with Crippen molar-refractivity contribution in [1.82, 2.24) is 9.97 Å². The highest BCUT2D eigenvalue weighted by Gasteiger charge is 2.11. The first-order chi connectivity index (χ1) is 10.7. The molecule has 120 valence electrons. The molecule has 1 aromatic heterocycles. The Hall–Kier alpha value is -1.34. The average Bonchev–Trinajstić information content (AvgIpc) is 2.90. The van der Waals surface area contributed by atoms with E-state index in [-0.39, 0.29) is 0 Å². The van der Waals surface area contributed by atoms with Gasteiger partial charge in [-0.25, -0.2) is 9.78 Å². The fraction of sp³-hybridized carbons (Fsp3) is 0.467. The van der Waals surface area contributed by atoms with Gasteiger partial charge >= 0.3 is 6.09 Å². The summed E-state index contributed by atoms with van der Waals surface area (Å²) in [5.41, 5.74) is 1.77. The van der Waals surface area contributed by atoms with Crippen LogP contribution in [-0.2, 0) is 4.74 Å². The summed E-state index contributed by atoms with van der Waals surface area (Å²) in [5, 5.41) is 2.56. The first-order valence-corrected chi connectivity index (χ1v) is 9.29. The molecule has 0 saturated heterocycles. The van der Waals surface area contributed by atoms with Crippen molar-refractivity contribution in [2.24, 2.45) is 0 Å². The Morgan fingerprint density at radius 1 is 1.23 bits per heavy atom. The van der Waals surface area contributed by atoms with Crippen LogP contribution in [0.3, 0.4) is 0 Å². The molecule has 22 heavy (non-hydrogen) atoms. The molecule has 0 fully saturated rings. The number of aromatic amines is 1. The Morgan fingerprint density at radius 2 is 1.86 bits per heavy atom. The van der Waals surface area contributed by atoms with Crippen LogP contribution in [0, 0.1) is 0 Å². The summed E-state index contributed by atoms with van der Waals surface area (Å²) >= 11 is 3.71. The molecule has 0 unspecified atom stereocenters. The lowest BCUT2D eigenvalue weighted by atomic mass is 10.3. The third-order valence-corrected chi connectivity index (χ3v) is 5.53. The highest BCUT2D eigenvalue weighted by molar-refractivity contribution is 8.02. The molecule has 0 aliphatic rings. The monoisotopic (exact) mass is 339 g/mol. The van der Waals surface area contributed by atoms with Crippen LogP contribution in [0.1, 0.15) is 26.7 Å². The summed E-state index contributed by atoms with van der Waals surface area (Å²) in [6.07, 6.45) is 1.75. The van der Waals surface area contributed by atoms with Crippen LogP contribution in [0.25, 0.3) is 11.0 Å². The first-order valence-electron chi connectivity index (χ1n) is 7.32. The molecule has 0 aliphatic carbocycles. The summed E-state index contributed by atoms with van der Waals surface area (Å²) in [6, 6.07) is 4.20. The van der Waals surface area contributed by atoms with Crippen LogP contribution in [0.15, 0.2) is 21.9 Å². The molecule has 2 N–H and O–H groups in total. The number of benzene rings is 1. The minimum atomic E-state index is -0.528. The van der Waals surface area contributed by atoms with E-state index >= 15 is 0 Å². The van der Waals surface area contributed by atoms with E-state index in [1.165, 1.54) is 16.9 Å². The Kier molecular flexibility index (Phi) is 6.45. The predicted octanol–water partition coefficient (Wildman–Crippen LogP) is 4.75. The number of aromatic nitrogens is 2. The van der Waals surface area contributed by atoms with E-state index in [1.807, 2.05) is 23.5 Å². The number of thioether (sulfide) groups is 2. The SMILES string of the molecule is CCCSc1cc2nc(NC(=O)OC)[nH]c2cc1SCCC. The zero-order valence-electron chi connectivity index (χ0n) is 13.1. The minimum Gasteiger partial charge on any atom is -0.453 e. The number of imidazole rings is 1. The minimum absolute atomic E-state index is 0.408. The molecule has 2 aromatic rings. The van der Waals surface area contributed by atoms with Crippen LogP contribution >= 0.6 is 23.5 Å². The fourth-order valence-corrected chi connectivity index (χ4v) is 3.87. The number of rotatable bonds is 7. The van der Waals surface area contributed by atoms with E-state index in [0.717, 1.165) is 35.4 Å². The van der Waals surface area contributed by atoms with Gasteiger partial charge in [0, 0.05) is 9.79 Å². The van der Waals surface area contributed by atoms with E-state index in [2.05, 4.69) is 46.0 Å². The van der Waals surface area contributed by atoms with Crippen LogP contribution in [0.4, 0.5) is 10.7 Å². The molecule has 0 bridgehead atoms. The first kappa shape index (κ1) is 17.0. The van der Waals surface area contributed by atoms with Crippen molar-refractivity contribution in [2.75, 3.05) is 23.9 Å². The normalized spacial score (nSPS) is 10.9. The summed E-state index contributed by atoms with van der Waals surface area (Å²) in [5.74, 6) is 2.58. The molecule has 0 aliphatic heterocycles. The average molecular weight is 339 g/mol. The van der Waals surface area contributed by atoms with Gasteiger partial charge in [-0.2, -0.15) is 0 Å². The highest BCUT2D eigenvalue weighted by atomic mass is 32.2. The van der Waals surface area contributed by atoms with E-state index in [9.17, 15) is 4.79 Å². The molecular formula is C15H21N3O2S2. The van der Waals surface area contributed by atoms with Crippen molar-refractivity contribution < 1.29 is 9.53 Å². The summed E-state index contributed by atoms with van der Waals surface area (Å²) < 4.78 is 4.59. The maximum atomic E-state index is 11.3. The van der Waals surface area contributed by atoms with Crippen molar-refractivity contribution >= 4 is 46.6 Å². The molecule has 1 aromatic carbocycles. The number of nitrogens with zero attached hydrogens (tertiary/aromatic N) is 1. The molecule has 0 radical (unpaired) electrons. The lowest BCUT2D eigenvalue weighted by Crippen LogP contribution is -2.11. The van der Waals surface area contributed by atoms with Gasteiger partial charge in [0.1, 0.15) is 0 Å². The van der Waals surface area contributed by atoms with E-state index in [4.69, 9.17) is 0 Å². The zero-order valence-corrected chi connectivity index (χ0v) is 14.7. The predicted molar refractivity (Wildman–Crippen MR) is 94.2 cm³/mol. The van der Waals surface area contributed by atoms with E-state index in [0.29, 0.717) is 5.95 Å². The lowest BCUT2D eigenvalue weighted by Gasteiger charge is -2.08. The molecule has 0 saturated carbocycles. The quantitative estimate of drug-likeness (QED) is 0.713. The van der Waals surface area contributed by atoms with Gasteiger partial charge in [0.25, 0.3) is 0 Å². The number of anilines is 1. The zero-order chi connectivity index (χ0) is 15.9. The van der Waals surface area contributed by atoms with Crippen molar-refractivity contribution in [1.29, 1.82) is 0 Å². The molecular weight excluding hydrogens is 318 g/mol. The van der Waals surface area contributed by atoms with Gasteiger partial charge in [0.05, 0.1) is 18.1 Å². The Morgan fingerprint density at radius 3 is 2.45 bits per heavy atom. The second kappa shape index (κ2) is 8.33. The van der Waals surface area contributed by atoms with Crippen molar-refractivity contribution in [3.05, 3.63) is 12.1 Å². The number of carbonyl (C=O) groups is 1. The highest BCUT2D eigenvalue weighted by Crippen LogP contribution is 2.35. The van der Waals surface area contributed by atoms with Gasteiger partial charge < -0.3 is 9.72 Å². The van der Waals surface area contributed by atoms with E-state index in [1.54, 1.807) is 0 Å². The number of hydrogen-bond donors (Lipinski definition) is 2. The molecule has 1 amide bonds. The van der Waals surface area contributed by atoms with Crippen molar-refractivity contribution in [2.45, 2.75) is 36.5 Å². The number of methoxy groups -OCH3 is 1. The second-order valence-corrected chi connectivity index (χ2v) is 6.99. The van der Waals surface area contributed by atoms with Gasteiger partial charge in [-0.1, -0.05) is 13.8 Å². The Labute approximate surface area is 139 Å². The second-order valence-electron chi connectivity index (χ2n) is 4.72. The molecule has 5 nitrogen and oxygen atoms in total. The number of hydrogen-bond acceptors (Lipinski definition) is 5. The van der Waals surface area contributed by atoms with Crippen LogP contribution in [-0.4, -0.2) is 34.7 Å². The fourth-order valence-electron chi connectivity index (χ4n) is 1.87. The van der Waals surface area contributed by atoms with Gasteiger partial charge in [0.2, 0.25) is 5.95 Å². The van der Waals surface area contributed by atoms with Gasteiger partial charge in [-0.3, -0.25) is 5.32 Å². The van der Waals surface area contributed by atoms with Crippen LogP contribution in [0.5, 0.6) is 0 Å². The molecule has 2 rings (SSSR count). The van der Waals surface area contributed by atoms with Gasteiger partial charge in [0.15, 0.2) is 0 Å². The topological polar surface area (TPSA) is 67.0 Å². The molecule has 0 atom stereocenters. The number of H-pyrrole nitrogens is 1. The lowest BCUT2D eigenvalue weighted by molar-refractivity contribution is 0.186. The molecule has 1 heterocycles. The summed E-state index contributed by atoms with van der Waals surface area (Å²) in [7, 11) is 1.33. The standard InChI is InChI=1S/C15H21N3O2S2/c1-4-6-21-12-8-10-11(9-13(12)22-7-5-2)17-14(16-10)18-15(19)20-3/h8-9H,4-7H2,1-3H3,(H2,16,17,18,19). The Bertz CT molecular complexity index is 598. The van der Waals surface area contributed by atoms with Gasteiger partial charge in [-0.15, -0.1) is 23.5 Å². The number of fused-ring (bicyclic) bond motifs is 1. The maximum Gasteiger partial charge on any atom is 0.413 e. The molecule has 7 heteroatoms. The third-order valence-electron chi connectivity index (χ3n) is 2.88. The third kappa shape index (κ3) is 4.33. The summed E-state index contributed by atoms with van der Waals surface area (Å²) in [6.45, 7) is 4.36. The van der Waals surface area contributed by atoms with Crippen LogP contribution in [0.2, 0.25) is 0 Å². The van der Waals surface area contributed by atoms with E-state index < -0.39 is 6.09 Å². The van der Waals surface area contributed by atoms with Gasteiger partial charge in [-0.05, 0) is 36.5 Å². The largest absolute Gasteiger partial charge is 0.453 e. The number of amides is 1. The van der Waals surface area contributed by atoms with Crippen molar-refractivity contribution in [3.8, 4) is 0 Å². The summed E-state index contributed by atoms with van der Waals surface area (Å²) in [4.78, 5) is 21.3.